The number of carbonyl (C=O) groups excluding carboxylic acids is 2. The minimum atomic E-state index is -1.04. The van der Waals surface area contributed by atoms with Gasteiger partial charge in [0, 0.05) is 25.8 Å². The van der Waals surface area contributed by atoms with Crippen LogP contribution in [-0.4, -0.2) is 34.6 Å². The summed E-state index contributed by atoms with van der Waals surface area (Å²) >= 11 is 2.00. The number of amides is 1. The van der Waals surface area contributed by atoms with Gasteiger partial charge in [-0.1, -0.05) is 22.6 Å². The van der Waals surface area contributed by atoms with Crippen LogP contribution in [0.1, 0.15) is 20.3 Å². The summed E-state index contributed by atoms with van der Waals surface area (Å²) in [5.41, 5.74) is 0. The van der Waals surface area contributed by atoms with Crippen molar-refractivity contribution in [1.29, 1.82) is 0 Å². The highest BCUT2D eigenvalue weighted by molar-refractivity contribution is 14.1. The zero-order chi connectivity index (χ0) is 12.3. The van der Waals surface area contributed by atoms with Crippen LogP contribution >= 0.6 is 22.6 Å². The summed E-state index contributed by atoms with van der Waals surface area (Å²) in [5, 5.41) is 2.71. The predicted molar refractivity (Wildman–Crippen MR) is 65.0 cm³/mol. The molecule has 1 rings (SSSR count). The molecule has 1 aliphatic carbocycles. The van der Waals surface area contributed by atoms with Crippen LogP contribution in [0, 0.1) is 5.92 Å². The van der Waals surface area contributed by atoms with Gasteiger partial charge in [-0.15, -0.1) is 0 Å². The molecule has 1 fully saturated rings. The Balaban J connectivity index is 2.50. The van der Waals surface area contributed by atoms with Crippen molar-refractivity contribution in [2.45, 2.75) is 36.4 Å². The van der Waals surface area contributed by atoms with Gasteiger partial charge in [-0.25, -0.2) is 4.39 Å². The molecule has 0 saturated heterocycles. The quantitative estimate of drug-likeness (QED) is 0.476. The Labute approximate surface area is 107 Å². The van der Waals surface area contributed by atoms with Gasteiger partial charge in [-0.2, -0.15) is 0 Å². The monoisotopic (exact) mass is 343 g/mol. The summed E-state index contributed by atoms with van der Waals surface area (Å²) in [6.45, 7) is 2.80. The van der Waals surface area contributed by atoms with Gasteiger partial charge >= 0.3 is 5.97 Å². The van der Waals surface area contributed by atoms with Crippen LogP contribution in [-0.2, 0) is 14.3 Å². The molecule has 1 saturated carbocycles. The smallest absolute Gasteiger partial charge is 0.302 e. The zero-order valence-corrected chi connectivity index (χ0v) is 11.4. The fourth-order valence-electron chi connectivity index (χ4n) is 1.85. The van der Waals surface area contributed by atoms with Crippen LogP contribution < -0.4 is 5.32 Å². The fraction of sp³-hybridized carbons (Fsp3) is 0.800. The number of hydrogen-bond acceptors (Lipinski definition) is 3. The Kier molecular flexibility index (Phi) is 4.94. The molecule has 0 bridgehead atoms. The van der Waals surface area contributed by atoms with Gasteiger partial charge in [0.15, 0.2) is 0 Å². The van der Waals surface area contributed by atoms with E-state index in [1.807, 2.05) is 22.6 Å². The largest absolute Gasteiger partial charge is 0.465 e. The summed E-state index contributed by atoms with van der Waals surface area (Å²) in [4.78, 5) is 21.5. The summed E-state index contributed by atoms with van der Waals surface area (Å²) in [5.74, 6) is -0.880. The molecule has 16 heavy (non-hydrogen) atoms. The second-order valence-electron chi connectivity index (χ2n) is 3.99. The van der Waals surface area contributed by atoms with Crippen molar-refractivity contribution in [3.63, 3.8) is 0 Å². The highest BCUT2D eigenvalue weighted by Gasteiger charge is 2.43. The number of rotatable bonds is 3. The van der Waals surface area contributed by atoms with Gasteiger partial charge in [0.1, 0.15) is 6.17 Å². The first kappa shape index (κ1) is 13.7. The molecule has 0 unspecified atom stereocenters. The van der Waals surface area contributed by atoms with E-state index in [1.54, 1.807) is 0 Å². The van der Waals surface area contributed by atoms with Crippen molar-refractivity contribution in [2.75, 3.05) is 6.61 Å². The third-order valence-corrected chi connectivity index (χ3v) is 4.14. The van der Waals surface area contributed by atoms with Gasteiger partial charge < -0.3 is 10.1 Å². The molecule has 92 valence electrons. The molecular formula is C10H15FINO3. The average Bonchev–Trinajstić information content (AvgIpc) is 2.42. The van der Waals surface area contributed by atoms with Crippen molar-refractivity contribution >= 4 is 34.5 Å². The lowest BCUT2D eigenvalue weighted by molar-refractivity contribution is -0.142. The van der Waals surface area contributed by atoms with E-state index in [1.165, 1.54) is 13.8 Å². The number of carbonyl (C=O) groups is 2. The lowest BCUT2D eigenvalue weighted by atomic mass is 10.1. The molecule has 0 aromatic heterocycles. The zero-order valence-electron chi connectivity index (χ0n) is 9.20. The molecule has 4 atom stereocenters. The Morgan fingerprint density at radius 2 is 2.12 bits per heavy atom. The number of esters is 1. The van der Waals surface area contributed by atoms with Crippen molar-refractivity contribution in [3.8, 4) is 0 Å². The fourth-order valence-corrected chi connectivity index (χ4v) is 2.91. The molecule has 6 heteroatoms. The second-order valence-corrected chi connectivity index (χ2v) is 5.43. The molecule has 0 aromatic rings. The van der Waals surface area contributed by atoms with Crippen LogP contribution in [0.5, 0.6) is 0 Å². The molecule has 0 radical (unpaired) electrons. The molecule has 1 amide bonds. The first-order valence-corrected chi connectivity index (χ1v) is 6.35. The van der Waals surface area contributed by atoms with Crippen LogP contribution in [0.2, 0.25) is 0 Å². The van der Waals surface area contributed by atoms with E-state index >= 15 is 0 Å². The van der Waals surface area contributed by atoms with E-state index in [0.717, 1.165) is 0 Å². The van der Waals surface area contributed by atoms with Crippen molar-refractivity contribution in [1.82, 2.24) is 5.32 Å². The van der Waals surface area contributed by atoms with Crippen LogP contribution in [0.15, 0.2) is 0 Å². The Hall–Kier alpha value is -0.400. The van der Waals surface area contributed by atoms with Crippen LogP contribution in [0.3, 0.4) is 0 Å². The molecule has 4 nitrogen and oxygen atoms in total. The molecular weight excluding hydrogens is 328 g/mol. The van der Waals surface area contributed by atoms with Crippen LogP contribution in [0.4, 0.5) is 4.39 Å². The summed E-state index contributed by atoms with van der Waals surface area (Å²) in [6, 6.07) is -0.173. The lowest BCUT2D eigenvalue weighted by Crippen LogP contribution is -2.37. The van der Waals surface area contributed by atoms with Crippen molar-refractivity contribution in [3.05, 3.63) is 0 Å². The van der Waals surface area contributed by atoms with Gasteiger partial charge in [-0.05, 0) is 6.42 Å². The van der Waals surface area contributed by atoms with E-state index in [-0.39, 0.29) is 28.4 Å². The van der Waals surface area contributed by atoms with E-state index < -0.39 is 12.1 Å². The number of halogens is 2. The molecule has 0 spiro atoms. The minimum absolute atomic E-state index is 0.0894. The number of hydrogen-bond donors (Lipinski definition) is 1. The molecule has 1 aliphatic rings. The van der Waals surface area contributed by atoms with Crippen molar-refractivity contribution in [2.24, 2.45) is 5.92 Å². The first-order chi connectivity index (χ1) is 7.41. The van der Waals surface area contributed by atoms with E-state index in [4.69, 9.17) is 4.74 Å². The molecule has 0 aliphatic heterocycles. The van der Waals surface area contributed by atoms with E-state index in [9.17, 15) is 14.0 Å². The number of alkyl halides is 2. The molecule has 1 N–H and O–H groups in total. The highest BCUT2D eigenvalue weighted by Crippen LogP contribution is 2.34. The predicted octanol–water partition coefficient (Wildman–Crippen LogP) is 1.22. The standard InChI is InChI=1S/C10H15FINO3/c1-5(14)13-8-3-7(4-16-6(2)15)9(11)10(8)12/h7-10H,3-4H2,1-2H3,(H,13,14)/t7-,8-,9-,10+/m1/s1. The Morgan fingerprint density at radius 1 is 1.50 bits per heavy atom. The first-order valence-electron chi connectivity index (χ1n) is 5.10. The third kappa shape index (κ3) is 3.57. The van der Waals surface area contributed by atoms with Crippen LogP contribution in [0.25, 0.3) is 0 Å². The summed E-state index contributed by atoms with van der Waals surface area (Å²) < 4.78 is 18.3. The summed E-state index contributed by atoms with van der Waals surface area (Å²) in [7, 11) is 0. The van der Waals surface area contributed by atoms with Gasteiger partial charge in [0.2, 0.25) is 5.91 Å². The lowest BCUT2D eigenvalue weighted by Gasteiger charge is -2.15. The third-order valence-electron chi connectivity index (χ3n) is 2.58. The highest BCUT2D eigenvalue weighted by atomic mass is 127. The van der Waals surface area contributed by atoms with E-state index in [0.29, 0.717) is 6.42 Å². The van der Waals surface area contributed by atoms with Gasteiger partial charge in [0.25, 0.3) is 0 Å². The Bertz CT molecular complexity index is 287. The molecule has 0 heterocycles. The van der Waals surface area contributed by atoms with Gasteiger partial charge in [0.05, 0.1) is 10.5 Å². The van der Waals surface area contributed by atoms with Gasteiger partial charge in [-0.3, -0.25) is 9.59 Å². The maximum absolute atomic E-state index is 13.8. The SMILES string of the molecule is CC(=O)N[C@@H]1C[C@H](COC(C)=O)[C@@H](F)[C@H]1I. The maximum atomic E-state index is 13.8. The maximum Gasteiger partial charge on any atom is 0.302 e. The topological polar surface area (TPSA) is 55.4 Å². The number of nitrogens with one attached hydrogen (secondary N) is 1. The normalized spacial score (nSPS) is 33.5. The second kappa shape index (κ2) is 5.79. The van der Waals surface area contributed by atoms with E-state index in [2.05, 4.69) is 5.32 Å². The molecule has 0 aromatic carbocycles. The average molecular weight is 343 g/mol. The Morgan fingerprint density at radius 3 is 2.62 bits per heavy atom. The number of ether oxygens (including phenoxy) is 1. The minimum Gasteiger partial charge on any atom is -0.465 e. The van der Waals surface area contributed by atoms with Crippen molar-refractivity contribution < 1.29 is 18.7 Å². The summed E-state index contributed by atoms with van der Waals surface area (Å²) in [6.07, 6.45) is -0.529.